The van der Waals surface area contributed by atoms with Gasteiger partial charge in [-0.2, -0.15) is 0 Å². The lowest BCUT2D eigenvalue weighted by Gasteiger charge is -2.03. The molecule has 0 fully saturated rings. The molecule has 1 N–H and O–H groups in total. The number of nitrogens with one attached hydrogen (secondary N) is 1. The number of amides is 1. The monoisotopic (exact) mass is 393 g/mol. The number of ether oxygens (including phenoxy) is 1. The minimum Gasteiger partial charge on any atom is -0.496 e. The number of anilines is 1. The molecule has 0 unspecified atom stereocenters. The van der Waals surface area contributed by atoms with Gasteiger partial charge in [-0.25, -0.2) is 4.98 Å². The van der Waals surface area contributed by atoms with Crippen molar-refractivity contribution in [2.75, 3.05) is 18.2 Å². The second-order valence-electron chi connectivity index (χ2n) is 4.67. The molecule has 0 saturated carbocycles. The van der Waals surface area contributed by atoms with E-state index in [1.807, 2.05) is 12.1 Å². The Balaban J connectivity index is 1.59. The molecule has 3 aromatic rings. The number of carbonyl (C=O) groups is 1. The summed E-state index contributed by atoms with van der Waals surface area (Å²) in [4.78, 5) is 25.7. The van der Waals surface area contributed by atoms with Crippen LogP contribution in [0.2, 0.25) is 0 Å². The summed E-state index contributed by atoms with van der Waals surface area (Å²) < 4.78 is 10.8. The van der Waals surface area contributed by atoms with Crippen LogP contribution in [0.4, 0.5) is 10.1 Å². The van der Waals surface area contributed by atoms with Gasteiger partial charge in [0.1, 0.15) is 11.9 Å². The van der Waals surface area contributed by atoms with Crippen LogP contribution in [0, 0.1) is 10.1 Å². The van der Waals surface area contributed by atoms with Gasteiger partial charge in [0.15, 0.2) is 5.13 Å². The summed E-state index contributed by atoms with van der Waals surface area (Å²) in [5.41, 5.74) is 0.647. The first-order chi connectivity index (χ1) is 12.6. The van der Waals surface area contributed by atoms with E-state index in [4.69, 9.17) is 9.15 Å². The molecular weight excluding hydrogens is 382 g/mol. The zero-order valence-electron chi connectivity index (χ0n) is 13.2. The number of methoxy groups -OCH3 is 1. The number of thioether (sulfide) groups is 1. The van der Waals surface area contributed by atoms with E-state index >= 15 is 0 Å². The molecule has 2 aromatic heterocycles. The van der Waals surface area contributed by atoms with Gasteiger partial charge in [0.05, 0.1) is 23.3 Å². The summed E-state index contributed by atoms with van der Waals surface area (Å²) in [5.74, 6) is 0.467. The zero-order chi connectivity index (χ0) is 18.5. The molecule has 2 heterocycles. The summed E-state index contributed by atoms with van der Waals surface area (Å²) in [6, 6.07) is 7.19. The number of aromatic nitrogens is 3. The lowest BCUT2D eigenvalue weighted by Crippen LogP contribution is -2.13. The van der Waals surface area contributed by atoms with Gasteiger partial charge in [-0.1, -0.05) is 23.9 Å². The average molecular weight is 393 g/mol. The van der Waals surface area contributed by atoms with Gasteiger partial charge in [-0.05, 0) is 23.5 Å². The average Bonchev–Trinajstić information content (AvgIpc) is 3.29. The van der Waals surface area contributed by atoms with E-state index < -0.39 is 10.8 Å². The van der Waals surface area contributed by atoms with E-state index in [1.54, 1.807) is 12.1 Å². The Morgan fingerprint density at radius 1 is 1.42 bits per heavy atom. The molecule has 0 radical (unpaired) electrons. The number of hydrogen-bond acceptors (Lipinski definition) is 10. The molecule has 12 heteroatoms. The molecule has 0 bridgehead atoms. The van der Waals surface area contributed by atoms with Gasteiger partial charge >= 0.3 is 5.00 Å². The lowest BCUT2D eigenvalue weighted by atomic mass is 10.2. The van der Waals surface area contributed by atoms with E-state index in [9.17, 15) is 14.9 Å². The highest BCUT2D eigenvalue weighted by atomic mass is 32.2. The van der Waals surface area contributed by atoms with Crippen molar-refractivity contribution < 1.29 is 18.9 Å². The van der Waals surface area contributed by atoms with E-state index in [-0.39, 0.29) is 27.0 Å². The second-order valence-corrected chi connectivity index (χ2v) is 6.61. The summed E-state index contributed by atoms with van der Waals surface area (Å²) in [7, 11) is 1.54. The third-order valence-electron chi connectivity index (χ3n) is 2.99. The Bertz CT molecular complexity index is 941. The first kappa shape index (κ1) is 17.8. The summed E-state index contributed by atoms with van der Waals surface area (Å²) in [6.45, 7) is 0. The SMILES string of the molecule is COc1ccccc1-c1nnc(SCC(=O)Nc2ncc([N+](=O)[O-])s2)o1. The first-order valence-corrected chi connectivity index (χ1v) is 8.87. The number of rotatable bonds is 7. The lowest BCUT2D eigenvalue weighted by molar-refractivity contribution is -0.380. The van der Waals surface area contributed by atoms with Gasteiger partial charge < -0.3 is 14.5 Å². The number of nitrogens with zero attached hydrogens (tertiary/aromatic N) is 4. The van der Waals surface area contributed by atoms with Crippen molar-refractivity contribution in [3.63, 3.8) is 0 Å². The number of para-hydroxylation sites is 1. The van der Waals surface area contributed by atoms with Crippen molar-refractivity contribution in [2.24, 2.45) is 0 Å². The molecule has 3 rings (SSSR count). The molecule has 0 saturated heterocycles. The van der Waals surface area contributed by atoms with Crippen LogP contribution in [-0.4, -0.2) is 38.9 Å². The largest absolute Gasteiger partial charge is 0.496 e. The van der Waals surface area contributed by atoms with Crippen molar-refractivity contribution in [3.05, 3.63) is 40.6 Å². The van der Waals surface area contributed by atoms with Crippen LogP contribution in [0.25, 0.3) is 11.5 Å². The summed E-state index contributed by atoms with van der Waals surface area (Å²) in [6.07, 6.45) is 1.09. The Morgan fingerprint density at radius 3 is 2.96 bits per heavy atom. The molecular formula is C14H11N5O5S2. The van der Waals surface area contributed by atoms with Crippen LogP contribution in [0.5, 0.6) is 5.75 Å². The van der Waals surface area contributed by atoms with Crippen LogP contribution in [0.1, 0.15) is 0 Å². The molecule has 26 heavy (non-hydrogen) atoms. The Kier molecular flexibility index (Phi) is 5.43. The van der Waals surface area contributed by atoms with Gasteiger partial charge in [0.2, 0.25) is 5.91 Å². The van der Waals surface area contributed by atoms with Crippen LogP contribution in [-0.2, 0) is 4.79 Å². The maximum absolute atomic E-state index is 11.9. The van der Waals surface area contributed by atoms with E-state index in [0.717, 1.165) is 29.3 Å². The zero-order valence-corrected chi connectivity index (χ0v) is 14.9. The van der Waals surface area contributed by atoms with Crippen LogP contribution in [0.3, 0.4) is 0 Å². The minimum absolute atomic E-state index is 0.0130. The highest BCUT2D eigenvalue weighted by molar-refractivity contribution is 7.99. The fraction of sp³-hybridized carbons (Fsp3) is 0.143. The van der Waals surface area contributed by atoms with Crippen LogP contribution in [0.15, 0.2) is 40.1 Å². The third kappa shape index (κ3) is 4.15. The van der Waals surface area contributed by atoms with Crippen LogP contribution < -0.4 is 10.1 Å². The second kappa shape index (κ2) is 7.93. The van der Waals surface area contributed by atoms with Gasteiger partial charge in [0.25, 0.3) is 11.1 Å². The maximum Gasteiger partial charge on any atom is 0.345 e. The molecule has 0 spiro atoms. The smallest absolute Gasteiger partial charge is 0.345 e. The highest BCUT2D eigenvalue weighted by Crippen LogP contribution is 2.30. The Hall–Kier alpha value is -2.99. The topological polar surface area (TPSA) is 133 Å². The minimum atomic E-state index is -0.570. The molecule has 0 aliphatic rings. The molecule has 0 aliphatic heterocycles. The van der Waals surface area contributed by atoms with Gasteiger partial charge in [0, 0.05) is 0 Å². The third-order valence-corrected chi connectivity index (χ3v) is 4.67. The quantitative estimate of drug-likeness (QED) is 0.365. The van der Waals surface area contributed by atoms with E-state index in [0.29, 0.717) is 11.3 Å². The van der Waals surface area contributed by atoms with E-state index in [1.165, 1.54) is 7.11 Å². The first-order valence-electron chi connectivity index (χ1n) is 7.06. The predicted octanol–water partition coefficient (Wildman–Crippen LogP) is 2.84. The number of nitro groups is 1. The van der Waals surface area contributed by atoms with E-state index in [2.05, 4.69) is 20.5 Å². The number of thiazole rings is 1. The fourth-order valence-electron chi connectivity index (χ4n) is 1.89. The fourth-order valence-corrected chi connectivity index (χ4v) is 3.10. The van der Waals surface area contributed by atoms with Crippen molar-refractivity contribution >= 4 is 39.1 Å². The van der Waals surface area contributed by atoms with Crippen molar-refractivity contribution in [1.82, 2.24) is 15.2 Å². The Morgan fingerprint density at radius 2 is 2.23 bits per heavy atom. The standard InChI is InChI=1S/C14H11N5O5S2/c1-23-9-5-3-2-4-8(9)12-17-18-14(24-12)25-7-10(20)16-13-15-6-11(26-13)19(21)22/h2-6H,7H2,1H3,(H,15,16,20). The van der Waals surface area contributed by atoms with Crippen molar-refractivity contribution in [1.29, 1.82) is 0 Å². The Labute approximate surface area is 154 Å². The molecule has 0 atom stereocenters. The number of hydrogen-bond donors (Lipinski definition) is 1. The van der Waals surface area contributed by atoms with Crippen molar-refractivity contribution in [3.8, 4) is 17.2 Å². The van der Waals surface area contributed by atoms with Gasteiger partial charge in [-0.3, -0.25) is 14.9 Å². The molecule has 10 nitrogen and oxygen atoms in total. The summed E-state index contributed by atoms with van der Waals surface area (Å²) >= 11 is 1.82. The van der Waals surface area contributed by atoms with Crippen molar-refractivity contribution in [2.45, 2.75) is 5.22 Å². The molecule has 0 aliphatic carbocycles. The maximum atomic E-state index is 11.9. The highest BCUT2D eigenvalue weighted by Gasteiger charge is 2.16. The molecule has 1 amide bonds. The number of carbonyl (C=O) groups excluding carboxylic acids is 1. The van der Waals surface area contributed by atoms with Crippen LogP contribution >= 0.6 is 23.1 Å². The predicted molar refractivity (Wildman–Crippen MR) is 94.4 cm³/mol. The van der Waals surface area contributed by atoms with Gasteiger partial charge in [-0.15, -0.1) is 10.2 Å². The normalized spacial score (nSPS) is 10.5. The molecule has 1 aromatic carbocycles. The summed E-state index contributed by atoms with van der Waals surface area (Å²) in [5, 5.41) is 21.1. The number of benzene rings is 1. The molecule has 134 valence electrons.